The molecule has 0 radical (unpaired) electrons. The molecule has 2 aromatic rings. The first kappa shape index (κ1) is 13.9. The molecule has 21 heavy (non-hydrogen) atoms. The molecule has 7 heteroatoms. The van der Waals surface area contributed by atoms with Gasteiger partial charge in [0.25, 0.3) is 0 Å². The molecule has 1 aromatic heterocycles. The molecule has 0 spiro atoms. The number of nitrogens with zero attached hydrogens (tertiary/aromatic N) is 4. The standard InChI is InChI=1S/C14H15ClFN5/c15-14-18-9-11(17)13(19-14)21-7-5-20(6-8-21)12-4-2-1-3-10(12)16/h1-4,9H,5-8,17H2. The highest BCUT2D eigenvalue weighted by molar-refractivity contribution is 6.28. The van der Waals surface area contributed by atoms with E-state index in [0.717, 1.165) is 0 Å². The number of nitrogen functional groups attached to an aromatic ring is 1. The maximum absolute atomic E-state index is 13.8. The maximum atomic E-state index is 13.8. The zero-order valence-electron chi connectivity index (χ0n) is 11.3. The Hall–Kier alpha value is -2.08. The number of nitrogens with two attached hydrogens (primary N) is 1. The summed E-state index contributed by atoms with van der Waals surface area (Å²) in [7, 11) is 0. The quantitative estimate of drug-likeness (QED) is 0.862. The Bertz CT molecular complexity index is 643. The lowest BCUT2D eigenvalue weighted by Crippen LogP contribution is -2.47. The summed E-state index contributed by atoms with van der Waals surface area (Å²) < 4.78 is 13.8. The average molecular weight is 308 g/mol. The Morgan fingerprint density at radius 2 is 1.76 bits per heavy atom. The number of hydrogen-bond donors (Lipinski definition) is 1. The van der Waals surface area contributed by atoms with Crippen molar-refractivity contribution in [3.05, 3.63) is 41.6 Å². The van der Waals surface area contributed by atoms with Gasteiger partial charge in [-0.15, -0.1) is 0 Å². The number of anilines is 3. The fraction of sp³-hybridized carbons (Fsp3) is 0.286. The van der Waals surface area contributed by atoms with Gasteiger partial charge in [0.2, 0.25) is 5.28 Å². The zero-order chi connectivity index (χ0) is 14.8. The van der Waals surface area contributed by atoms with E-state index in [1.54, 1.807) is 12.1 Å². The molecule has 2 heterocycles. The average Bonchev–Trinajstić information content (AvgIpc) is 2.50. The summed E-state index contributed by atoms with van der Waals surface area (Å²) in [5.74, 6) is 0.443. The lowest BCUT2D eigenvalue weighted by Gasteiger charge is -2.37. The fourth-order valence-electron chi connectivity index (χ4n) is 2.48. The molecule has 2 N–H and O–H groups in total. The van der Waals surface area contributed by atoms with Gasteiger partial charge in [0.05, 0.1) is 17.6 Å². The predicted molar refractivity (Wildman–Crippen MR) is 82.3 cm³/mol. The molecule has 0 amide bonds. The fourth-order valence-corrected chi connectivity index (χ4v) is 2.61. The highest BCUT2D eigenvalue weighted by Crippen LogP contribution is 2.25. The smallest absolute Gasteiger partial charge is 0.224 e. The second kappa shape index (κ2) is 5.73. The van der Waals surface area contributed by atoms with E-state index >= 15 is 0 Å². The van der Waals surface area contributed by atoms with Crippen LogP contribution >= 0.6 is 11.6 Å². The van der Waals surface area contributed by atoms with Gasteiger partial charge in [-0.2, -0.15) is 4.98 Å². The summed E-state index contributed by atoms with van der Waals surface area (Å²) in [5.41, 5.74) is 7.02. The number of para-hydroxylation sites is 1. The Balaban J connectivity index is 1.73. The SMILES string of the molecule is Nc1cnc(Cl)nc1N1CCN(c2ccccc2F)CC1. The molecule has 0 atom stereocenters. The zero-order valence-corrected chi connectivity index (χ0v) is 12.1. The molecule has 0 unspecified atom stereocenters. The van der Waals surface area contributed by atoms with E-state index in [0.29, 0.717) is 43.4 Å². The van der Waals surface area contributed by atoms with Crippen LogP contribution in [0.2, 0.25) is 5.28 Å². The van der Waals surface area contributed by atoms with Gasteiger partial charge < -0.3 is 15.5 Å². The Kier molecular flexibility index (Phi) is 3.79. The predicted octanol–water partition coefficient (Wildman–Crippen LogP) is 2.18. The molecule has 1 fully saturated rings. The van der Waals surface area contributed by atoms with Crippen LogP contribution in [-0.4, -0.2) is 36.1 Å². The second-order valence-corrected chi connectivity index (χ2v) is 5.18. The first-order valence-corrected chi connectivity index (χ1v) is 7.05. The summed E-state index contributed by atoms with van der Waals surface area (Å²) >= 11 is 5.82. The maximum Gasteiger partial charge on any atom is 0.224 e. The van der Waals surface area contributed by atoms with Gasteiger partial charge in [-0.3, -0.25) is 0 Å². The summed E-state index contributed by atoms with van der Waals surface area (Å²) in [6.07, 6.45) is 1.51. The largest absolute Gasteiger partial charge is 0.394 e. The van der Waals surface area contributed by atoms with Crippen molar-refractivity contribution in [1.29, 1.82) is 0 Å². The van der Waals surface area contributed by atoms with Gasteiger partial charge in [0.15, 0.2) is 5.82 Å². The van der Waals surface area contributed by atoms with Crippen LogP contribution in [-0.2, 0) is 0 Å². The first-order chi connectivity index (χ1) is 10.1. The van der Waals surface area contributed by atoms with Crippen molar-refractivity contribution in [2.45, 2.75) is 0 Å². The van der Waals surface area contributed by atoms with Crippen molar-refractivity contribution < 1.29 is 4.39 Å². The van der Waals surface area contributed by atoms with Crippen molar-refractivity contribution in [2.75, 3.05) is 41.7 Å². The van der Waals surface area contributed by atoms with Crippen molar-refractivity contribution in [3.63, 3.8) is 0 Å². The van der Waals surface area contributed by atoms with Gasteiger partial charge in [-0.25, -0.2) is 9.37 Å². The van der Waals surface area contributed by atoms with Crippen LogP contribution in [0.1, 0.15) is 0 Å². The number of rotatable bonds is 2. The molecule has 1 aromatic carbocycles. The Labute approximate surface area is 127 Å². The minimum Gasteiger partial charge on any atom is -0.394 e. The van der Waals surface area contributed by atoms with E-state index in [1.165, 1.54) is 12.3 Å². The van der Waals surface area contributed by atoms with Gasteiger partial charge >= 0.3 is 0 Å². The molecule has 110 valence electrons. The van der Waals surface area contributed by atoms with E-state index in [1.807, 2.05) is 15.9 Å². The molecular weight excluding hydrogens is 293 g/mol. The Morgan fingerprint density at radius 3 is 2.48 bits per heavy atom. The van der Waals surface area contributed by atoms with E-state index in [2.05, 4.69) is 9.97 Å². The van der Waals surface area contributed by atoms with Crippen molar-refractivity contribution >= 4 is 28.8 Å². The number of aromatic nitrogens is 2. The molecule has 0 aliphatic carbocycles. The molecule has 1 aliphatic rings. The van der Waals surface area contributed by atoms with Crippen molar-refractivity contribution in [2.24, 2.45) is 0 Å². The third kappa shape index (κ3) is 2.85. The molecule has 0 saturated carbocycles. The third-order valence-corrected chi connectivity index (χ3v) is 3.72. The van der Waals surface area contributed by atoms with Gasteiger partial charge in [-0.1, -0.05) is 12.1 Å². The van der Waals surface area contributed by atoms with E-state index in [-0.39, 0.29) is 11.1 Å². The Morgan fingerprint density at radius 1 is 1.10 bits per heavy atom. The number of hydrogen-bond acceptors (Lipinski definition) is 5. The van der Waals surface area contributed by atoms with Crippen molar-refractivity contribution in [3.8, 4) is 0 Å². The number of piperazine rings is 1. The van der Waals surface area contributed by atoms with E-state index in [4.69, 9.17) is 17.3 Å². The summed E-state index contributed by atoms with van der Waals surface area (Å²) in [5, 5.41) is 0.177. The molecular formula is C14H15ClFN5. The molecule has 0 bridgehead atoms. The molecule has 3 rings (SSSR count). The molecule has 1 aliphatic heterocycles. The van der Waals surface area contributed by atoms with E-state index < -0.39 is 0 Å². The molecule has 5 nitrogen and oxygen atoms in total. The van der Waals surface area contributed by atoms with Crippen LogP contribution in [0.4, 0.5) is 21.6 Å². The van der Waals surface area contributed by atoms with Crippen molar-refractivity contribution in [1.82, 2.24) is 9.97 Å². The normalized spacial score (nSPS) is 15.3. The van der Waals surface area contributed by atoms with Crippen LogP contribution < -0.4 is 15.5 Å². The van der Waals surface area contributed by atoms with E-state index in [9.17, 15) is 4.39 Å². The highest BCUT2D eigenvalue weighted by atomic mass is 35.5. The summed E-state index contributed by atoms with van der Waals surface area (Å²) in [6.45, 7) is 2.79. The van der Waals surface area contributed by atoms with Crippen LogP contribution in [0, 0.1) is 5.82 Å². The number of halogens is 2. The van der Waals surface area contributed by atoms with Gasteiger partial charge in [0, 0.05) is 26.2 Å². The first-order valence-electron chi connectivity index (χ1n) is 6.67. The number of benzene rings is 1. The monoisotopic (exact) mass is 307 g/mol. The van der Waals surface area contributed by atoms with Gasteiger partial charge in [0.1, 0.15) is 5.82 Å². The van der Waals surface area contributed by atoms with Crippen LogP contribution in [0.15, 0.2) is 30.5 Å². The lowest BCUT2D eigenvalue weighted by atomic mass is 10.2. The minimum absolute atomic E-state index is 0.177. The third-order valence-electron chi connectivity index (χ3n) is 3.54. The highest BCUT2D eigenvalue weighted by Gasteiger charge is 2.21. The van der Waals surface area contributed by atoms with Gasteiger partial charge in [-0.05, 0) is 23.7 Å². The van der Waals surface area contributed by atoms with Crippen LogP contribution in [0.3, 0.4) is 0 Å². The van der Waals surface area contributed by atoms with Crippen LogP contribution in [0.5, 0.6) is 0 Å². The minimum atomic E-state index is -0.199. The lowest BCUT2D eigenvalue weighted by molar-refractivity contribution is 0.596. The summed E-state index contributed by atoms with van der Waals surface area (Å²) in [6, 6.07) is 6.80. The second-order valence-electron chi connectivity index (χ2n) is 4.84. The topological polar surface area (TPSA) is 58.3 Å². The summed E-state index contributed by atoms with van der Waals surface area (Å²) in [4.78, 5) is 12.1. The van der Waals surface area contributed by atoms with Crippen LogP contribution in [0.25, 0.3) is 0 Å². The molecule has 1 saturated heterocycles.